The molecule has 7 nitrogen and oxygen atoms in total. The van der Waals surface area contributed by atoms with Gasteiger partial charge in [-0.2, -0.15) is 0 Å². The van der Waals surface area contributed by atoms with E-state index in [9.17, 15) is 14.7 Å². The first kappa shape index (κ1) is 14.4. The fourth-order valence-corrected chi connectivity index (χ4v) is 2.42. The van der Waals surface area contributed by atoms with Crippen molar-refractivity contribution in [3.63, 3.8) is 0 Å². The average Bonchev–Trinajstić information content (AvgIpc) is 2.91. The number of carbonyl (C=O) groups is 2. The number of rotatable bonds is 4. The summed E-state index contributed by atoms with van der Waals surface area (Å²) in [5.74, 6) is -0.0232. The van der Waals surface area contributed by atoms with E-state index in [-0.39, 0.29) is 12.6 Å². The zero-order valence-electron chi connectivity index (χ0n) is 11.6. The number of imidazole rings is 1. The number of aliphatic carboxylic acids is 1. The van der Waals surface area contributed by atoms with Gasteiger partial charge in [0.1, 0.15) is 5.82 Å². The summed E-state index contributed by atoms with van der Waals surface area (Å²) in [4.78, 5) is 31.9. The number of aromatic amines is 1. The molecule has 1 aliphatic heterocycles. The van der Waals surface area contributed by atoms with Gasteiger partial charge < -0.3 is 20.3 Å². The zero-order valence-corrected chi connectivity index (χ0v) is 11.6. The average molecular weight is 280 g/mol. The first-order valence-electron chi connectivity index (χ1n) is 6.76. The van der Waals surface area contributed by atoms with Crippen LogP contribution in [-0.2, 0) is 11.2 Å². The van der Waals surface area contributed by atoms with Gasteiger partial charge in [-0.05, 0) is 19.8 Å². The summed E-state index contributed by atoms with van der Waals surface area (Å²) in [5, 5.41) is 12.0. The molecular formula is C13H20N4O3. The predicted octanol–water partition coefficient (Wildman–Crippen LogP) is 0.848. The topological polar surface area (TPSA) is 98.3 Å². The van der Waals surface area contributed by atoms with Crippen molar-refractivity contribution >= 4 is 12.0 Å². The standard InChI is InChI=1S/C13H20N4O3/c1-13(11(18)19)4-2-8-17(9-13)12(20)16-5-3-10-14-6-7-15-10/h6-7H,2-5,8-9H2,1H3,(H,14,15)(H,16,20)(H,18,19). The lowest BCUT2D eigenvalue weighted by Gasteiger charge is -2.37. The molecule has 3 N–H and O–H groups in total. The number of hydrogen-bond donors (Lipinski definition) is 3. The quantitative estimate of drug-likeness (QED) is 0.761. The molecule has 0 aliphatic carbocycles. The maximum atomic E-state index is 12.0. The van der Waals surface area contributed by atoms with Gasteiger partial charge in [-0.15, -0.1) is 0 Å². The van der Waals surface area contributed by atoms with E-state index >= 15 is 0 Å². The van der Waals surface area contributed by atoms with Gasteiger partial charge in [0, 0.05) is 38.4 Å². The van der Waals surface area contributed by atoms with E-state index in [0.717, 1.165) is 5.82 Å². The molecule has 0 bridgehead atoms. The van der Waals surface area contributed by atoms with Crippen molar-refractivity contribution in [3.05, 3.63) is 18.2 Å². The number of piperidine rings is 1. The van der Waals surface area contributed by atoms with Gasteiger partial charge in [-0.1, -0.05) is 0 Å². The molecule has 1 atom stereocenters. The van der Waals surface area contributed by atoms with Crippen molar-refractivity contribution in [2.45, 2.75) is 26.2 Å². The Bertz CT molecular complexity index is 474. The summed E-state index contributed by atoms with van der Waals surface area (Å²) in [6.45, 7) is 3.04. The number of aromatic nitrogens is 2. The Kier molecular flexibility index (Phi) is 4.26. The number of nitrogens with one attached hydrogen (secondary N) is 2. The minimum absolute atomic E-state index is 0.205. The van der Waals surface area contributed by atoms with Gasteiger partial charge in [0.15, 0.2) is 0 Å². The molecule has 0 aromatic carbocycles. The van der Waals surface area contributed by atoms with Crippen LogP contribution in [0.3, 0.4) is 0 Å². The molecule has 2 amide bonds. The van der Waals surface area contributed by atoms with Gasteiger partial charge in [0.25, 0.3) is 0 Å². The normalized spacial score (nSPS) is 22.6. The van der Waals surface area contributed by atoms with Crippen LogP contribution in [0.15, 0.2) is 12.4 Å². The van der Waals surface area contributed by atoms with E-state index in [0.29, 0.717) is 32.4 Å². The van der Waals surface area contributed by atoms with Gasteiger partial charge >= 0.3 is 12.0 Å². The molecule has 1 aromatic heterocycles. The lowest BCUT2D eigenvalue weighted by atomic mass is 9.82. The van der Waals surface area contributed by atoms with E-state index in [1.807, 2.05) is 0 Å². The number of carboxylic acids is 1. The number of nitrogens with zero attached hydrogens (tertiary/aromatic N) is 2. The van der Waals surface area contributed by atoms with Crippen molar-refractivity contribution in [2.24, 2.45) is 5.41 Å². The van der Waals surface area contributed by atoms with E-state index in [1.54, 1.807) is 24.2 Å². The maximum absolute atomic E-state index is 12.0. The van der Waals surface area contributed by atoms with Crippen LogP contribution in [0.2, 0.25) is 0 Å². The predicted molar refractivity (Wildman–Crippen MR) is 72.2 cm³/mol. The third kappa shape index (κ3) is 3.28. The fourth-order valence-electron chi connectivity index (χ4n) is 2.42. The van der Waals surface area contributed by atoms with E-state index in [2.05, 4.69) is 15.3 Å². The number of urea groups is 1. The molecule has 1 aromatic rings. The van der Waals surface area contributed by atoms with Gasteiger partial charge in [0.2, 0.25) is 0 Å². The van der Waals surface area contributed by atoms with Crippen LogP contribution >= 0.6 is 0 Å². The molecule has 1 saturated heterocycles. The van der Waals surface area contributed by atoms with Gasteiger partial charge in [-0.25, -0.2) is 9.78 Å². The minimum atomic E-state index is -0.842. The van der Waals surface area contributed by atoms with Crippen molar-refractivity contribution in [1.82, 2.24) is 20.2 Å². The second-order valence-corrected chi connectivity index (χ2v) is 5.41. The largest absolute Gasteiger partial charge is 0.481 e. The van der Waals surface area contributed by atoms with Crippen LogP contribution in [0.1, 0.15) is 25.6 Å². The molecule has 0 saturated carbocycles. The SMILES string of the molecule is CC1(C(=O)O)CCCN(C(=O)NCCc2ncc[nH]2)C1. The number of amides is 2. The summed E-state index contributed by atoms with van der Waals surface area (Å²) in [5.41, 5.74) is -0.837. The molecule has 110 valence electrons. The molecule has 2 rings (SSSR count). The Morgan fingerprint density at radius 3 is 3.05 bits per heavy atom. The fraction of sp³-hybridized carbons (Fsp3) is 0.615. The van der Waals surface area contributed by atoms with Crippen molar-refractivity contribution in [3.8, 4) is 0 Å². The first-order chi connectivity index (χ1) is 9.51. The maximum Gasteiger partial charge on any atom is 0.317 e. The number of H-pyrrole nitrogens is 1. The van der Waals surface area contributed by atoms with Crippen LogP contribution in [0.4, 0.5) is 4.79 Å². The van der Waals surface area contributed by atoms with E-state index in [4.69, 9.17) is 0 Å². The molecule has 2 heterocycles. The summed E-state index contributed by atoms with van der Waals surface area (Å²) in [7, 11) is 0. The first-order valence-corrected chi connectivity index (χ1v) is 6.76. The van der Waals surface area contributed by atoms with Crippen molar-refractivity contribution < 1.29 is 14.7 Å². The summed E-state index contributed by atoms with van der Waals surface area (Å²) < 4.78 is 0. The highest BCUT2D eigenvalue weighted by Gasteiger charge is 2.39. The lowest BCUT2D eigenvalue weighted by Crippen LogP contribution is -2.51. The molecule has 1 fully saturated rings. The summed E-state index contributed by atoms with van der Waals surface area (Å²) in [6.07, 6.45) is 5.36. The lowest BCUT2D eigenvalue weighted by molar-refractivity contribution is -0.150. The molecule has 7 heteroatoms. The Morgan fingerprint density at radius 1 is 1.60 bits per heavy atom. The monoisotopic (exact) mass is 280 g/mol. The summed E-state index contributed by atoms with van der Waals surface area (Å²) >= 11 is 0. The highest BCUT2D eigenvalue weighted by molar-refractivity contribution is 5.78. The number of carbonyl (C=O) groups excluding carboxylic acids is 1. The Balaban J connectivity index is 1.81. The van der Waals surface area contributed by atoms with Crippen LogP contribution in [0.5, 0.6) is 0 Å². The molecule has 1 unspecified atom stereocenters. The molecule has 0 radical (unpaired) electrons. The Labute approximate surface area is 117 Å². The zero-order chi connectivity index (χ0) is 14.6. The molecule has 20 heavy (non-hydrogen) atoms. The smallest absolute Gasteiger partial charge is 0.317 e. The van der Waals surface area contributed by atoms with Gasteiger partial charge in [-0.3, -0.25) is 4.79 Å². The van der Waals surface area contributed by atoms with E-state index < -0.39 is 11.4 Å². The van der Waals surface area contributed by atoms with Crippen LogP contribution in [0, 0.1) is 5.41 Å². The summed E-state index contributed by atoms with van der Waals surface area (Å²) in [6, 6.07) is -0.205. The van der Waals surface area contributed by atoms with Crippen LogP contribution in [-0.4, -0.2) is 51.6 Å². The highest BCUT2D eigenvalue weighted by atomic mass is 16.4. The number of hydrogen-bond acceptors (Lipinski definition) is 3. The second kappa shape index (κ2) is 5.94. The van der Waals surface area contributed by atoms with Crippen molar-refractivity contribution in [2.75, 3.05) is 19.6 Å². The van der Waals surface area contributed by atoms with E-state index in [1.165, 1.54) is 0 Å². The van der Waals surface area contributed by atoms with Crippen molar-refractivity contribution in [1.29, 1.82) is 0 Å². The second-order valence-electron chi connectivity index (χ2n) is 5.41. The number of likely N-dealkylation sites (tertiary alicyclic amines) is 1. The molecule has 1 aliphatic rings. The third-order valence-corrected chi connectivity index (χ3v) is 3.69. The molecule has 0 spiro atoms. The van der Waals surface area contributed by atoms with Crippen LogP contribution in [0.25, 0.3) is 0 Å². The van der Waals surface area contributed by atoms with Gasteiger partial charge in [0.05, 0.1) is 5.41 Å². The number of carboxylic acid groups (broad SMARTS) is 1. The molecular weight excluding hydrogens is 260 g/mol. The Hall–Kier alpha value is -2.05. The highest BCUT2D eigenvalue weighted by Crippen LogP contribution is 2.29. The van der Waals surface area contributed by atoms with Crippen LogP contribution < -0.4 is 5.32 Å². The minimum Gasteiger partial charge on any atom is -0.481 e. The third-order valence-electron chi connectivity index (χ3n) is 3.69. The Morgan fingerprint density at radius 2 is 2.40 bits per heavy atom.